The van der Waals surface area contributed by atoms with Gasteiger partial charge in [0.25, 0.3) is 5.91 Å². The number of likely N-dealkylation sites (N-methyl/N-ethyl adjacent to an activating group) is 1. The van der Waals surface area contributed by atoms with E-state index in [0.717, 1.165) is 11.3 Å². The molecule has 0 saturated carbocycles. The number of benzene rings is 1. The third-order valence-corrected chi connectivity index (χ3v) is 2.83. The summed E-state index contributed by atoms with van der Waals surface area (Å²) in [7, 11) is 3.26. The van der Waals surface area contributed by atoms with Crippen molar-refractivity contribution in [2.24, 2.45) is 0 Å². The number of methoxy groups -OCH3 is 1. The molecule has 1 atom stereocenters. The van der Waals surface area contributed by atoms with E-state index in [1.165, 1.54) is 11.8 Å². The van der Waals surface area contributed by atoms with Crippen LogP contribution < -0.4 is 15.0 Å². The fraction of sp³-hybridized carbons (Fsp3) is 0.333. The molecule has 1 aromatic rings. The summed E-state index contributed by atoms with van der Waals surface area (Å²) in [5.41, 5.74) is 1.57. The molecule has 2 rings (SSSR count). The second-order valence-corrected chi connectivity index (χ2v) is 3.96. The lowest BCUT2D eigenvalue weighted by atomic mass is 10.1. The smallest absolute Gasteiger partial charge is 0.254 e. The number of hydrogen-bond donors (Lipinski definition) is 1. The zero-order valence-corrected chi connectivity index (χ0v) is 9.98. The van der Waals surface area contributed by atoms with Gasteiger partial charge in [-0.3, -0.25) is 9.59 Å². The van der Waals surface area contributed by atoms with E-state index in [2.05, 4.69) is 5.32 Å². The fourth-order valence-corrected chi connectivity index (χ4v) is 1.98. The molecule has 1 aliphatic heterocycles. The zero-order valence-electron chi connectivity index (χ0n) is 9.98. The number of rotatable bonds is 2. The molecule has 0 aliphatic carbocycles. The topological polar surface area (TPSA) is 58.6 Å². The molecule has 2 amide bonds. The van der Waals surface area contributed by atoms with E-state index in [-0.39, 0.29) is 11.8 Å². The van der Waals surface area contributed by atoms with Crippen molar-refractivity contribution in [3.8, 4) is 5.75 Å². The molecule has 1 aromatic carbocycles. The van der Waals surface area contributed by atoms with Crippen LogP contribution in [0, 0.1) is 0 Å². The van der Waals surface area contributed by atoms with Crippen molar-refractivity contribution in [2.45, 2.75) is 13.0 Å². The number of hydrogen-bond acceptors (Lipinski definition) is 3. The van der Waals surface area contributed by atoms with Crippen molar-refractivity contribution >= 4 is 17.5 Å². The first-order valence-corrected chi connectivity index (χ1v) is 5.27. The maximum atomic E-state index is 12.0. The standard InChI is InChI=1S/C12H14N2O3/c1-7(15)13-11-9-6-8(17-3)4-5-10(9)14(2)12(11)16/h4-6,11H,1-3H3,(H,13,15)/t11-/m0/s1. The molecular weight excluding hydrogens is 220 g/mol. The molecule has 1 heterocycles. The molecule has 5 heteroatoms. The maximum absolute atomic E-state index is 12.0. The zero-order chi connectivity index (χ0) is 12.6. The molecule has 0 radical (unpaired) electrons. The minimum Gasteiger partial charge on any atom is -0.497 e. The van der Waals surface area contributed by atoms with Gasteiger partial charge >= 0.3 is 0 Å². The Hall–Kier alpha value is -2.04. The third kappa shape index (κ3) is 1.84. The Balaban J connectivity index is 2.45. The van der Waals surface area contributed by atoms with E-state index in [0.29, 0.717) is 5.75 Å². The van der Waals surface area contributed by atoms with E-state index in [9.17, 15) is 9.59 Å². The largest absolute Gasteiger partial charge is 0.497 e. The van der Waals surface area contributed by atoms with Gasteiger partial charge in [0.2, 0.25) is 5.91 Å². The molecule has 17 heavy (non-hydrogen) atoms. The average Bonchev–Trinajstić information content (AvgIpc) is 2.53. The molecule has 0 saturated heterocycles. The Labute approximate surface area is 99.4 Å². The Morgan fingerprint density at radius 3 is 2.76 bits per heavy atom. The molecule has 1 aliphatic rings. The first kappa shape index (κ1) is 11.4. The van der Waals surface area contributed by atoms with Gasteiger partial charge in [-0.1, -0.05) is 0 Å². The van der Waals surface area contributed by atoms with E-state index >= 15 is 0 Å². The van der Waals surface area contributed by atoms with Crippen molar-refractivity contribution in [3.05, 3.63) is 23.8 Å². The van der Waals surface area contributed by atoms with Gasteiger partial charge in [-0.25, -0.2) is 0 Å². The first-order chi connectivity index (χ1) is 8.04. The van der Waals surface area contributed by atoms with E-state index in [1.54, 1.807) is 26.3 Å². The van der Waals surface area contributed by atoms with Crippen LogP contribution in [0.5, 0.6) is 5.75 Å². The summed E-state index contributed by atoms with van der Waals surface area (Å²) in [6, 6.07) is 4.77. The Bertz CT molecular complexity index is 485. The Morgan fingerprint density at radius 1 is 1.47 bits per heavy atom. The summed E-state index contributed by atoms with van der Waals surface area (Å²) in [6.07, 6.45) is 0. The van der Waals surface area contributed by atoms with Crippen molar-refractivity contribution in [3.63, 3.8) is 0 Å². The molecule has 0 unspecified atom stereocenters. The third-order valence-electron chi connectivity index (χ3n) is 2.83. The van der Waals surface area contributed by atoms with Gasteiger partial charge in [0.05, 0.1) is 7.11 Å². The Morgan fingerprint density at radius 2 is 2.18 bits per heavy atom. The van der Waals surface area contributed by atoms with Gasteiger partial charge < -0.3 is 15.0 Å². The van der Waals surface area contributed by atoms with Crippen molar-refractivity contribution in [1.82, 2.24) is 5.32 Å². The van der Waals surface area contributed by atoms with Crippen molar-refractivity contribution in [1.29, 1.82) is 0 Å². The maximum Gasteiger partial charge on any atom is 0.254 e. The van der Waals surface area contributed by atoms with Crippen LogP contribution in [0.2, 0.25) is 0 Å². The van der Waals surface area contributed by atoms with Gasteiger partial charge in [-0.2, -0.15) is 0 Å². The predicted octanol–water partition coefficient (Wildman–Crippen LogP) is 0.849. The fourth-order valence-electron chi connectivity index (χ4n) is 1.98. The molecule has 1 N–H and O–H groups in total. The molecule has 0 bridgehead atoms. The van der Waals surface area contributed by atoms with Crippen LogP contribution in [0.4, 0.5) is 5.69 Å². The molecule has 0 aromatic heterocycles. The predicted molar refractivity (Wildman–Crippen MR) is 63.0 cm³/mol. The number of amides is 2. The number of nitrogens with zero attached hydrogens (tertiary/aromatic N) is 1. The minimum atomic E-state index is -0.609. The second kappa shape index (κ2) is 4.08. The summed E-state index contributed by atoms with van der Waals surface area (Å²) in [6.45, 7) is 1.39. The van der Waals surface area contributed by atoms with Gasteiger partial charge in [0.1, 0.15) is 11.8 Å². The first-order valence-electron chi connectivity index (χ1n) is 5.27. The summed E-state index contributed by atoms with van der Waals surface area (Å²) < 4.78 is 5.12. The highest BCUT2D eigenvalue weighted by atomic mass is 16.5. The number of carbonyl (C=O) groups excluding carboxylic acids is 2. The minimum absolute atomic E-state index is 0.136. The number of carbonyl (C=O) groups is 2. The molecule has 90 valence electrons. The van der Waals surface area contributed by atoms with Crippen LogP contribution in [-0.4, -0.2) is 26.0 Å². The summed E-state index contributed by atoms with van der Waals surface area (Å²) >= 11 is 0. The monoisotopic (exact) mass is 234 g/mol. The van der Waals surface area contributed by atoms with E-state index < -0.39 is 6.04 Å². The normalized spacial score (nSPS) is 17.9. The van der Waals surface area contributed by atoms with Crippen LogP contribution in [0.1, 0.15) is 18.5 Å². The van der Waals surface area contributed by atoms with Gasteiger partial charge in [0, 0.05) is 25.2 Å². The van der Waals surface area contributed by atoms with Crippen LogP contribution in [0.3, 0.4) is 0 Å². The molecule has 5 nitrogen and oxygen atoms in total. The quantitative estimate of drug-likeness (QED) is 0.825. The lowest BCUT2D eigenvalue weighted by Gasteiger charge is -2.11. The summed E-state index contributed by atoms with van der Waals surface area (Å²) in [5.74, 6) is 0.304. The molecule has 0 spiro atoms. The highest BCUT2D eigenvalue weighted by Crippen LogP contribution is 2.37. The highest BCUT2D eigenvalue weighted by Gasteiger charge is 2.35. The van der Waals surface area contributed by atoms with Crippen molar-refractivity contribution < 1.29 is 14.3 Å². The van der Waals surface area contributed by atoms with Crippen LogP contribution in [0.15, 0.2) is 18.2 Å². The average molecular weight is 234 g/mol. The van der Waals surface area contributed by atoms with Gasteiger partial charge in [-0.15, -0.1) is 0 Å². The van der Waals surface area contributed by atoms with Gasteiger partial charge in [-0.05, 0) is 18.2 Å². The number of anilines is 1. The Kier molecular flexibility index (Phi) is 2.75. The van der Waals surface area contributed by atoms with E-state index in [4.69, 9.17) is 4.74 Å². The highest BCUT2D eigenvalue weighted by molar-refractivity contribution is 6.05. The van der Waals surface area contributed by atoms with Crippen LogP contribution in [-0.2, 0) is 9.59 Å². The molecular formula is C12H14N2O3. The lowest BCUT2D eigenvalue weighted by Crippen LogP contribution is -2.34. The number of ether oxygens (including phenoxy) is 1. The molecule has 0 fully saturated rings. The summed E-state index contributed by atoms with van der Waals surface area (Å²) in [5, 5.41) is 2.64. The SMILES string of the molecule is COc1ccc2c(c1)[C@H](NC(C)=O)C(=O)N2C. The van der Waals surface area contributed by atoms with Crippen LogP contribution in [0.25, 0.3) is 0 Å². The summed E-state index contributed by atoms with van der Waals surface area (Å²) in [4.78, 5) is 24.6. The van der Waals surface area contributed by atoms with Gasteiger partial charge in [0.15, 0.2) is 0 Å². The lowest BCUT2D eigenvalue weighted by molar-refractivity contribution is -0.125. The van der Waals surface area contributed by atoms with E-state index in [1.807, 2.05) is 6.07 Å². The van der Waals surface area contributed by atoms with Crippen molar-refractivity contribution in [2.75, 3.05) is 19.1 Å². The second-order valence-electron chi connectivity index (χ2n) is 3.96. The number of fused-ring (bicyclic) bond motifs is 1. The number of nitrogens with one attached hydrogen (secondary N) is 1. The van der Waals surface area contributed by atoms with Crippen LogP contribution >= 0.6 is 0 Å².